The van der Waals surface area contributed by atoms with Gasteiger partial charge < -0.3 is 10.1 Å². The minimum Gasteiger partial charge on any atom is -0.462 e. The lowest BCUT2D eigenvalue weighted by molar-refractivity contribution is -0.141. The lowest BCUT2D eigenvalue weighted by atomic mass is 10.3. The highest BCUT2D eigenvalue weighted by molar-refractivity contribution is 7.17. The number of carbonyl (C=O) groups is 1. The van der Waals surface area contributed by atoms with E-state index >= 15 is 0 Å². The van der Waals surface area contributed by atoms with Crippen LogP contribution in [-0.4, -0.2) is 17.6 Å². The SMILES string of the molecule is CCOC(=O)c1sc(Nc2c(Cl)cc(Cl)cc2Cl)nc1C(F)(F)F. The molecule has 1 heterocycles. The minimum absolute atomic E-state index is 0.0639. The number of aromatic nitrogens is 1. The summed E-state index contributed by atoms with van der Waals surface area (Å²) in [6.07, 6.45) is -4.81. The molecule has 2 aromatic rings. The largest absolute Gasteiger partial charge is 0.462 e. The molecule has 130 valence electrons. The maximum absolute atomic E-state index is 13.1. The summed E-state index contributed by atoms with van der Waals surface area (Å²) < 4.78 is 43.8. The molecule has 0 unspecified atom stereocenters. The zero-order chi connectivity index (χ0) is 18.1. The summed E-state index contributed by atoms with van der Waals surface area (Å²) in [5.74, 6) is -1.11. The van der Waals surface area contributed by atoms with Crippen molar-refractivity contribution < 1.29 is 22.7 Å². The van der Waals surface area contributed by atoms with Gasteiger partial charge in [0, 0.05) is 5.02 Å². The summed E-state index contributed by atoms with van der Waals surface area (Å²) in [6, 6.07) is 2.73. The molecule has 0 saturated heterocycles. The van der Waals surface area contributed by atoms with Crippen LogP contribution in [-0.2, 0) is 10.9 Å². The molecule has 1 aromatic heterocycles. The van der Waals surface area contributed by atoms with Gasteiger partial charge in [-0.2, -0.15) is 13.2 Å². The third-order valence-electron chi connectivity index (χ3n) is 2.60. The summed E-state index contributed by atoms with van der Waals surface area (Å²) in [5.41, 5.74) is -1.21. The molecule has 0 aliphatic rings. The van der Waals surface area contributed by atoms with E-state index in [0.29, 0.717) is 11.3 Å². The lowest BCUT2D eigenvalue weighted by Gasteiger charge is -2.08. The number of rotatable bonds is 4. The van der Waals surface area contributed by atoms with E-state index < -0.39 is 22.7 Å². The van der Waals surface area contributed by atoms with Crippen LogP contribution in [0.5, 0.6) is 0 Å². The van der Waals surface area contributed by atoms with Gasteiger partial charge in [-0.15, -0.1) is 0 Å². The number of anilines is 2. The number of benzene rings is 1. The van der Waals surface area contributed by atoms with Crippen LogP contribution in [0.2, 0.25) is 15.1 Å². The molecule has 0 aliphatic carbocycles. The van der Waals surface area contributed by atoms with E-state index in [9.17, 15) is 18.0 Å². The van der Waals surface area contributed by atoms with Gasteiger partial charge in [-0.05, 0) is 19.1 Å². The van der Waals surface area contributed by atoms with Gasteiger partial charge in [0.25, 0.3) is 0 Å². The summed E-state index contributed by atoms with van der Waals surface area (Å²) >= 11 is 18.2. The first kappa shape index (κ1) is 19.1. The van der Waals surface area contributed by atoms with Crippen molar-refractivity contribution in [3.8, 4) is 0 Å². The number of esters is 1. The number of hydrogen-bond acceptors (Lipinski definition) is 5. The molecular weight excluding hydrogens is 412 g/mol. The third kappa shape index (κ3) is 4.24. The Labute approximate surface area is 153 Å². The minimum atomic E-state index is -4.81. The zero-order valence-corrected chi connectivity index (χ0v) is 14.9. The highest BCUT2D eigenvalue weighted by Crippen LogP contribution is 2.40. The van der Waals surface area contributed by atoms with E-state index in [4.69, 9.17) is 34.8 Å². The maximum atomic E-state index is 13.1. The standard InChI is InChI=1S/C13H8Cl3F3N2O2S/c1-2-23-11(22)9-10(13(17,18)19)21-12(24-9)20-8-6(15)3-5(14)4-7(8)16/h3-4H,2H2,1H3,(H,20,21). The second-order valence-corrected chi connectivity index (χ2v) is 6.53. The number of carbonyl (C=O) groups excluding carboxylic acids is 1. The average molecular weight is 420 g/mol. The Kier molecular flexibility index (Phi) is 5.85. The smallest absolute Gasteiger partial charge is 0.435 e. The number of ether oxygens (including phenoxy) is 1. The van der Waals surface area contributed by atoms with Gasteiger partial charge in [-0.25, -0.2) is 9.78 Å². The summed E-state index contributed by atoms with van der Waals surface area (Å²) in [7, 11) is 0. The number of alkyl halides is 3. The summed E-state index contributed by atoms with van der Waals surface area (Å²) in [6.45, 7) is 1.42. The Hall–Kier alpha value is -1.22. The van der Waals surface area contributed by atoms with Crippen LogP contribution < -0.4 is 5.32 Å². The molecule has 24 heavy (non-hydrogen) atoms. The topological polar surface area (TPSA) is 51.2 Å². The first-order valence-corrected chi connectivity index (χ1v) is 8.25. The Morgan fingerprint density at radius 2 is 1.88 bits per heavy atom. The number of nitrogens with one attached hydrogen (secondary N) is 1. The van der Waals surface area contributed by atoms with Crippen molar-refractivity contribution in [2.75, 3.05) is 11.9 Å². The van der Waals surface area contributed by atoms with Crippen molar-refractivity contribution in [1.82, 2.24) is 4.98 Å². The monoisotopic (exact) mass is 418 g/mol. The van der Waals surface area contributed by atoms with Gasteiger partial charge in [-0.1, -0.05) is 46.1 Å². The average Bonchev–Trinajstić information content (AvgIpc) is 2.87. The van der Waals surface area contributed by atoms with Crippen LogP contribution >= 0.6 is 46.1 Å². The molecular formula is C13H8Cl3F3N2O2S. The molecule has 0 atom stereocenters. The fourth-order valence-corrected chi connectivity index (χ4v) is 3.46. The first-order chi connectivity index (χ1) is 11.1. The zero-order valence-electron chi connectivity index (χ0n) is 11.8. The quantitative estimate of drug-likeness (QED) is 0.614. The molecule has 0 amide bonds. The van der Waals surface area contributed by atoms with E-state index in [0.717, 1.165) is 0 Å². The number of halogens is 6. The van der Waals surface area contributed by atoms with E-state index in [1.165, 1.54) is 19.1 Å². The Bertz CT molecular complexity index is 757. The molecule has 0 radical (unpaired) electrons. The van der Waals surface area contributed by atoms with Crippen LogP contribution in [0.1, 0.15) is 22.3 Å². The molecule has 1 N–H and O–H groups in total. The second kappa shape index (κ2) is 7.35. The van der Waals surface area contributed by atoms with Crippen molar-refractivity contribution in [2.24, 2.45) is 0 Å². The Balaban J connectivity index is 2.44. The predicted octanol–water partition coefficient (Wildman–Crippen LogP) is 6.04. The molecule has 1 aromatic carbocycles. The Morgan fingerprint density at radius 3 is 2.38 bits per heavy atom. The van der Waals surface area contributed by atoms with E-state index in [1.54, 1.807) is 0 Å². The van der Waals surface area contributed by atoms with Gasteiger partial charge in [-0.3, -0.25) is 0 Å². The normalized spacial score (nSPS) is 11.5. The predicted molar refractivity (Wildman–Crippen MR) is 87.8 cm³/mol. The van der Waals surface area contributed by atoms with Crippen molar-refractivity contribution in [3.63, 3.8) is 0 Å². The van der Waals surface area contributed by atoms with Crippen molar-refractivity contribution >= 4 is 62.9 Å². The van der Waals surface area contributed by atoms with Gasteiger partial charge in [0.05, 0.1) is 22.3 Å². The molecule has 0 spiro atoms. The highest BCUT2D eigenvalue weighted by atomic mass is 35.5. The maximum Gasteiger partial charge on any atom is 0.435 e. The van der Waals surface area contributed by atoms with Crippen LogP contribution in [0.15, 0.2) is 12.1 Å². The molecule has 4 nitrogen and oxygen atoms in total. The fraction of sp³-hybridized carbons (Fsp3) is 0.231. The second-order valence-electron chi connectivity index (χ2n) is 4.28. The Morgan fingerprint density at radius 1 is 1.29 bits per heavy atom. The molecule has 0 saturated carbocycles. The fourth-order valence-electron chi connectivity index (χ4n) is 1.67. The number of hydrogen-bond donors (Lipinski definition) is 1. The molecule has 0 fully saturated rings. The van der Waals surface area contributed by atoms with E-state index in [1.807, 2.05) is 0 Å². The van der Waals surface area contributed by atoms with Gasteiger partial charge >= 0.3 is 12.1 Å². The van der Waals surface area contributed by atoms with Crippen molar-refractivity contribution in [2.45, 2.75) is 13.1 Å². The summed E-state index contributed by atoms with van der Waals surface area (Å²) in [5, 5.41) is 2.81. The number of thiazole rings is 1. The van der Waals surface area contributed by atoms with Gasteiger partial charge in [0.2, 0.25) is 0 Å². The molecule has 0 bridgehead atoms. The van der Waals surface area contributed by atoms with Crippen molar-refractivity contribution in [1.29, 1.82) is 0 Å². The highest BCUT2D eigenvalue weighted by Gasteiger charge is 2.40. The van der Waals surface area contributed by atoms with E-state index in [2.05, 4.69) is 15.0 Å². The van der Waals surface area contributed by atoms with Crippen LogP contribution in [0.3, 0.4) is 0 Å². The molecule has 2 rings (SSSR count). The lowest BCUT2D eigenvalue weighted by Crippen LogP contribution is -2.13. The molecule has 11 heteroatoms. The van der Waals surface area contributed by atoms with Crippen LogP contribution in [0.4, 0.5) is 24.0 Å². The van der Waals surface area contributed by atoms with Crippen LogP contribution in [0, 0.1) is 0 Å². The third-order valence-corrected chi connectivity index (χ3v) is 4.36. The van der Waals surface area contributed by atoms with E-state index in [-0.39, 0.29) is 32.5 Å². The summed E-state index contributed by atoms with van der Waals surface area (Å²) in [4.78, 5) is 14.5. The number of nitrogens with zero attached hydrogens (tertiary/aromatic N) is 1. The van der Waals surface area contributed by atoms with Gasteiger partial charge in [0.1, 0.15) is 4.88 Å². The van der Waals surface area contributed by atoms with Gasteiger partial charge in [0.15, 0.2) is 10.8 Å². The first-order valence-electron chi connectivity index (χ1n) is 6.30. The molecule has 0 aliphatic heterocycles. The van der Waals surface area contributed by atoms with Crippen LogP contribution in [0.25, 0.3) is 0 Å². The van der Waals surface area contributed by atoms with Crippen molar-refractivity contribution in [3.05, 3.63) is 37.8 Å².